The predicted octanol–water partition coefficient (Wildman–Crippen LogP) is 2.97. The first-order valence-electron chi connectivity index (χ1n) is 8.17. The van der Waals surface area contributed by atoms with E-state index in [-0.39, 0.29) is 5.91 Å². The maximum absolute atomic E-state index is 12.5. The second-order valence-electron chi connectivity index (χ2n) is 6.18. The molecule has 3 aromatic carbocycles. The van der Waals surface area contributed by atoms with Gasteiger partial charge in [-0.3, -0.25) is 9.59 Å². The van der Waals surface area contributed by atoms with Crippen molar-refractivity contribution in [3.8, 4) is 0 Å². The molecule has 0 aliphatic heterocycles. The van der Waals surface area contributed by atoms with Crippen LogP contribution in [0, 0.1) is 6.92 Å². The van der Waals surface area contributed by atoms with Crippen molar-refractivity contribution in [1.82, 2.24) is 5.32 Å². The molecule has 0 saturated carbocycles. The zero-order valence-corrected chi connectivity index (χ0v) is 14.0. The van der Waals surface area contributed by atoms with Gasteiger partial charge in [-0.05, 0) is 35.4 Å². The van der Waals surface area contributed by atoms with Crippen LogP contribution in [-0.2, 0) is 11.2 Å². The number of carbonyl (C=O) groups is 2. The van der Waals surface area contributed by atoms with E-state index in [1.54, 1.807) is 6.07 Å². The third kappa shape index (κ3) is 4.04. The molecule has 0 saturated heterocycles. The average Bonchev–Trinajstić information content (AvgIpc) is 2.62. The van der Waals surface area contributed by atoms with Crippen molar-refractivity contribution in [1.29, 1.82) is 0 Å². The van der Waals surface area contributed by atoms with Gasteiger partial charge in [-0.25, -0.2) is 0 Å². The van der Waals surface area contributed by atoms with Crippen LogP contribution in [0.15, 0.2) is 66.7 Å². The molecule has 126 valence electrons. The van der Waals surface area contributed by atoms with E-state index in [0.29, 0.717) is 12.0 Å². The fourth-order valence-electron chi connectivity index (χ4n) is 2.75. The monoisotopic (exact) mass is 332 g/mol. The van der Waals surface area contributed by atoms with E-state index in [1.807, 2.05) is 67.6 Å². The van der Waals surface area contributed by atoms with Gasteiger partial charge in [-0.15, -0.1) is 0 Å². The molecule has 4 nitrogen and oxygen atoms in total. The smallest absolute Gasteiger partial charge is 0.251 e. The molecular weight excluding hydrogens is 312 g/mol. The molecule has 0 bridgehead atoms. The molecule has 2 amide bonds. The van der Waals surface area contributed by atoms with Gasteiger partial charge in [-0.2, -0.15) is 0 Å². The van der Waals surface area contributed by atoms with Crippen molar-refractivity contribution in [2.45, 2.75) is 19.4 Å². The summed E-state index contributed by atoms with van der Waals surface area (Å²) in [7, 11) is 0. The Hall–Kier alpha value is -3.14. The summed E-state index contributed by atoms with van der Waals surface area (Å²) in [6, 6.07) is 20.3. The summed E-state index contributed by atoms with van der Waals surface area (Å²) in [5, 5.41) is 4.78. The number of fused-ring (bicyclic) bond motifs is 1. The molecule has 25 heavy (non-hydrogen) atoms. The van der Waals surface area contributed by atoms with Crippen LogP contribution in [0.25, 0.3) is 10.8 Å². The number of nitrogens with two attached hydrogens (primary N) is 1. The Balaban J connectivity index is 1.77. The number of primary amides is 1. The molecule has 3 N–H and O–H groups in total. The summed E-state index contributed by atoms with van der Waals surface area (Å²) in [6.07, 6.45) is 0.370. The lowest BCUT2D eigenvalue weighted by atomic mass is 10.0. The normalized spacial score (nSPS) is 11.9. The molecule has 0 fully saturated rings. The van der Waals surface area contributed by atoms with Crippen LogP contribution in [0.4, 0.5) is 0 Å². The lowest BCUT2D eigenvalue weighted by Crippen LogP contribution is -2.45. The van der Waals surface area contributed by atoms with Crippen molar-refractivity contribution < 1.29 is 9.59 Å². The standard InChI is InChI=1S/C21H20N2O2/c1-14-6-8-15(9-7-14)12-19(20(22)24)23-21(25)18-11-10-16-4-2-3-5-17(16)13-18/h2-11,13,19H,12H2,1H3,(H2,22,24)(H,23,25)/t19-/m1/s1. The number of carbonyl (C=O) groups excluding carboxylic acids is 2. The van der Waals surface area contributed by atoms with Gasteiger partial charge in [0.1, 0.15) is 6.04 Å². The van der Waals surface area contributed by atoms with Crippen molar-refractivity contribution in [3.05, 3.63) is 83.4 Å². The highest BCUT2D eigenvalue weighted by atomic mass is 16.2. The molecule has 0 spiro atoms. The van der Waals surface area contributed by atoms with E-state index >= 15 is 0 Å². The fourth-order valence-corrected chi connectivity index (χ4v) is 2.75. The van der Waals surface area contributed by atoms with E-state index in [2.05, 4.69) is 5.32 Å². The molecular formula is C21H20N2O2. The van der Waals surface area contributed by atoms with Crippen molar-refractivity contribution >= 4 is 22.6 Å². The summed E-state index contributed by atoms with van der Waals surface area (Å²) >= 11 is 0. The molecule has 0 aliphatic carbocycles. The maximum atomic E-state index is 12.5. The van der Waals surface area contributed by atoms with Gasteiger partial charge in [0.05, 0.1) is 0 Å². The van der Waals surface area contributed by atoms with Crippen LogP contribution in [0.5, 0.6) is 0 Å². The van der Waals surface area contributed by atoms with Crippen LogP contribution in [0.3, 0.4) is 0 Å². The Kier molecular flexibility index (Phi) is 4.80. The second kappa shape index (κ2) is 7.18. The highest BCUT2D eigenvalue weighted by Gasteiger charge is 2.19. The van der Waals surface area contributed by atoms with Gasteiger partial charge in [0.25, 0.3) is 5.91 Å². The number of benzene rings is 3. The number of nitrogens with one attached hydrogen (secondary N) is 1. The average molecular weight is 332 g/mol. The fraction of sp³-hybridized carbons (Fsp3) is 0.143. The third-order valence-corrected chi connectivity index (χ3v) is 4.22. The number of hydrogen-bond acceptors (Lipinski definition) is 2. The van der Waals surface area contributed by atoms with E-state index in [1.165, 1.54) is 0 Å². The number of aryl methyl sites for hydroxylation is 1. The predicted molar refractivity (Wildman–Crippen MR) is 99.3 cm³/mol. The van der Waals surface area contributed by atoms with Gasteiger partial charge < -0.3 is 11.1 Å². The zero-order chi connectivity index (χ0) is 17.8. The summed E-state index contributed by atoms with van der Waals surface area (Å²) < 4.78 is 0. The Bertz CT molecular complexity index is 917. The first kappa shape index (κ1) is 16.7. The molecule has 0 radical (unpaired) electrons. The van der Waals surface area contributed by atoms with Gasteiger partial charge in [0.15, 0.2) is 0 Å². The highest BCUT2D eigenvalue weighted by Crippen LogP contribution is 2.16. The lowest BCUT2D eigenvalue weighted by Gasteiger charge is -2.16. The molecule has 4 heteroatoms. The largest absolute Gasteiger partial charge is 0.368 e. The third-order valence-electron chi connectivity index (χ3n) is 4.22. The van der Waals surface area contributed by atoms with Crippen LogP contribution in [0.1, 0.15) is 21.5 Å². The Morgan fingerprint density at radius 3 is 2.32 bits per heavy atom. The summed E-state index contributed by atoms with van der Waals surface area (Å²) in [4.78, 5) is 24.3. The number of rotatable bonds is 5. The maximum Gasteiger partial charge on any atom is 0.251 e. The SMILES string of the molecule is Cc1ccc(C[C@@H](NC(=O)c2ccc3ccccc3c2)C(N)=O)cc1. The number of amides is 2. The number of hydrogen-bond donors (Lipinski definition) is 2. The van der Waals surface area contributed by atoms with Crippen LogP contribution < -0.4 is 11.1 Å². The van der Waals surface area contributed by atoms with E-state index in [4.69, 9.17) is 5.73 Å². The van der Waals surface area contributed by atoms with E-state index in [0.717, 1.165) is 21.9 Å². The van der Waals surface area contributed by atoms with Gasteiger partial charge >= 0.3 is 0 Å². The van der Waals surface area contributed by atoms with Crippen LogP contribution in [-0.4, -0.2) is 17.9 Å². The topological polar surface area (TPSA) is 72.2 Å². The van der Waals surface area contributed by atoms with Gasteiger partial charge in [0.2, 0.25) is 5.91 Å². The lowest BCUT2D eigenvalue weighted by molar-refractivity contribution is -0.119. The first-order chi connectivity index (χ1) is 12.0. The second-order valence-corrected chi connectivity index (χ2v) is 6.18. The minimum absolute atomic E-state index is 0.304. The molecule has 0 aliphatic rings. The highest BCUT2D eigenvalue weighted by molar-refractivity contribution is 6.00. The molecule has 0 heterocycles. The van der Waals surface area contributed by atoms with E-state index in [9.17, 15) is 9.59 Å². The minimum Gasteiger partial charge on any atom is -0.368 e. The Labute approximate surface area is 146 Å². The van der Waals surface area contributed by atoms with Crippen LogP contribution >= 0.6 is 0 Å². The first-order valence-corrected chi connectivity index (χ1v) is 8.17. The molecule has 0 unspecified atom stereocenters. The van der Waals surface area contributed by atoms with Gasteiger partial charge in [-0.1, -0.05) is 60.2 Å². The summed E-state index contributed by atoms with van der Waals surface area (Å²) in [5.41, 5.74) is 8.08. The van der Waals surface area contributed by atoms with E-state index < -0.39 is 11.9 Å². The minimum atomic E-state index is -0.748. The van der Waals surface area contributed by atoms with Crippen molar-refractivity contribution in [2.75, 3.05) is 0 Å². The molecule has 1 atom stereocenters. The molecule has 0 aromatic heterocycles. The van der Waals surface area contributed by atoms with Gasteiger partial charge in [0, 0.05) is 12.0 Å². The van der Waals surface area contributed by atoms with Crippen molar-refractivity contribution in [3.63, 3.8) is 0 Å². The zero-order valence-electron chi connectivity index (χ0n) is 14.0. The Morgan fingerprint density at radius 1 is 0.960 bits per heavy atom. The quantitative estimate of drug-likeness (QED) is 0.754. The summed E-state index contributed by atoms with van der Waals surface area (Å²) in [5.74, 6) is -0.851. The molecule has 3 rings (SSSR count). The Morgan fingerprint density at radius 2 is 1.64 bits per heavy atom. The van der Waals surface area contributed by atoms with Crippen LogP contribution in [0.2, 0.25) is 0 Å². The van der Waals surface area contributed by atoms with Crippen molar-refractivity contribution in [2.24, 2.45) is 5.73 Å². The molecule has 3 aromatic rings. The summed E-state index contributed by atoms with van der Waals surface area (Å²) in [6.45, 7) is 2.00.